The minimum Gasteiger partial charge on any atom is -0.487 e. The molecule has 2 atom stereocenters. The van der Waals surface area contributed by atoms with Gasteiger partial charge in [-0.1, -0.05) is 47.5 Å². The van der Waals surface area contributed by atoms with E-state index in [0.29, 0.717) is 22.9 Å². The van der Waals surface area contributed by atoms with Crippen molar-refractivity contribution in [2.75, 3.05) is 0 Å². The summed E-state index contributed by atoms with van der Waals surface area (Å²) in [6.07, 6.45) is 0.205. The molecule has 1 N–H and O–H groups in total. The Morgan fingerprint density at radius 3 is 2.50 bits per heavy atom. The smallest absolute Gasteiger partial charge is 0.129 e. The topological polar surface area (TPSA) is 29.5 Å². The molecule has 0 saturated heterocycles. The number of para-hydroxylation sites is 1. The summed E-state index contributed by atoms with van der Waals surface area (Å²) >= 11 is 12.3. The number of benzene rings is 2. The molecule has 2 aromatic rings. The summed E-state index contributed by atoms with van der Waals surface area (Å²) in [6.45, 7) is 0. The molecule has 2 unspecified atom stereocenters. The highest BCUT2D eigenvalue weighted by Crippen LogP contribution is 2.32. The highest BCUT2D eigenvalue weighted by atomic mass is 35.5. The number of fused-ring (bicyclic) bond motifs is 1. The van der Waals surface area contributed by atoms with Crippen molar-refractivity contribution in [2.24, 2.45) is 0 Å². The van der Waals surface area contributed by atoms with Crippen LogP contribution in [0.4, 0.5) is 0 Å². The van der Waals surface area contributed by atoms with Crippen LogP contribution in [0.15, 0.2) is 42.5 Å². The van der Waals surface area contributed by atoms with Gasteiger partial charge in [-0.15, -0.1) is 0 Å². The summed E-state index contributed by atoms with van der Waals surface area (Å²) in [5.74, 6) is 0.849. The van der Waals surface area contributed by atoms with E-state index in [4.69, 9.17) is 27.9 Å². The third-order valence-electron chi connectivity index (χ3n) is 3.58. The fourth-order valence-corrected chi connectivity index (χ4v) is 3.04. The van der Waals surface area contributed by atoms with Crippen molar-refractivity contribution in [1.82, 2.24) is 0 Å². The van der Waals surface area contributed by atoms with Gasteiger partial charge in [0.05, 0.1) is 6.10 Å². The minimum absolute atomic E-state index is 0.250. The lowest BCUT2D eigenvalue weighted by Gasteiger charge is -2.19. The number of aliphatic hydroxyl groups excluding tert-OH is 1. The van der Waals surface area contributed by atoms with Gasteiger partial charge in [-0.25, -0.2) is 0 Å². The zero-order valence-electron chi connectivity index (χ0n) is 10.7. The molecule has 3 rings (SSSR count). The standard InChI is InChI=1S/C16H14Cl2O2/c17-12-5-3-6-13(18)11(12)9-14(19)16-8-10-4-1-2-7-15(10)20-16/h1-7,14,16,19H,8-9H2. The van der Waals surface area contributed by atoms with Gasteiger partial charge in [-0.3, -0.25) is 0 Å². The van der Waals surface area contributed by atoms with Crippen molar-refractivity contribution in [3.63, 3.8) is 0 Å². The van der Waals surface area contributed by atoms with Gasteiger partial charge in [-0.2, -0.15) is 0 Å². The van der Waals surface area contributed by atoms with Crippen LogP contribution in [0.25, 0.3) is 0 Å². The second kappa shape index (κ2) is 5.65. The highest BCUT2D eigenvalue weighted by Gasteiger charge is 2.29. The Balaban J connectivity index is 1.74. The first kappa shape index (κ1) is 13.7. The Morgan fingerprint density at radius 2 is 1.80 bits per heavy atom. The van der Waals surface area contributed by atoms with E-state index in [1.807, 2.05) is 24.3 Å². The Morgan fingerprint density at radius 1 is 1.10 bits per heavy atom. The Kier molecular flexibility index (Phi) is 3.88. The largest absolute Gasteiger partial charge is 0.487 e. The molecule has 0 aromatic heterocycles. The van der Waals surface area contributed by atoms with Gasteiger partial charge in [-0.05, 0) is 29.3 Å². The zero-order chi connectivity index (χ0) is 14.1. The van der Waals surface area contributed by atoms with Crippen LogP contribution in [-0.4, -0.2) is 17.3 Å². The molecule has 2 aromatic carbocycles. The lowest BCUT2D eigenvalue weighted by molar-refractivity contribution is 0.0503. The van der Waals surface area contributed by atoms with Gasteiger partial charge in [0.2, 0.25) is 0 Å². The second-order valence-corrected chi connectivity index (χ2v) is 5.75. The summed E-state index contributed by atoms with van der Waals surface area (Å²) in [4.78, 5) is 0. The maximum absolute atomic E-state index is 10.4. The number of halogens is 2. The molecule has 0 amide bonds. The number of aliphatic hydroxyl groups is 1. The third kappa shape index (κ3) is 2.64. The van der Waals surface area contributed by atoms with Crippen LogP contribution < -0.4 is 4.74 Å². The second-order valence-electron chi connectivity index (χ2n) is 4.94. The van der Waals surface area contributed by atoms with E-state index in [0.717, 1.165) is 16.9 Å². The average Bonchev–Trinajstić information content (AvgIpc) is 2.87. The minimum atomic E-state index is -0.639. The molecular weight excluding hydrogens is 295 g/mol. The summed E-state index contributed by atoms with van der Waals surface area (Å²) in [6, 6.07) is 13.2. The van der Waals surface area contributed by atoms with Gasteiger partial charge in [0.1, 0.15) is 11.9 Å². The van der Waals surface area contributed by atoms with E-state index in [1.165, 1.54) is 0 Å². The van der Waals surface area contributed by atoms with Gasteiger partial charge in [0, 0.05) is 22.9 Å². The van der Waals surface area contributed by atoms with Crippen molar-refractivity contribution in [1.29, 1.82) is 0 Å². The highest BCUT2D eigenvalue weighted by molar-refractivity contribution is 6.36. The van der Waals surface area contributed by atoms with E-state index >= 15 is 0 Å². The predicted molar refractivity (Wildman–Crippen MR) is 80.7 cm³/mol. The summed E-state index contributed by atoms with van der Waals surface area (Å²) in [7, 11) is 0. The van der Waals surface area contributed by atoms with E-state index < -0.39 is 6.10 Å². The molecule has 4 heteroatoms. The molecule has 2 nitrogen and oxygen atoms in total. The lowest BCUT2D eigenvalue weighted by Crippen LogP contribution is -2.32. The van der Waals surface area contributed by atoms with Crippen LogP contribution in [0.2, 0.25) is 10.0 Å². The van der Waals surface area contributed by atoms with Crippen molar-refractivity contribution >= 4 is 23.2 Å². The molecule has 1 aliphatic rings. The van der Waals surface area contributed by atoms with Crippen LogP contribution >= 0.6 is 23.2 Å². The van der Waals surface area contributed by atoms with E-state index in [-0.39, 0.29) is 6.10 Å². The number of hydrogen-bond acceptors (Lipinski definition) is 2. The van der Waals surface area contributed by atoms with Crippen LogP contribution in [0.3, 0.4) is 0 Å². The van der Waals surface area contributed by atoms with Crippen molar-refractivity contribution in [2.45, 2.75) is 25.0 Å². The van der Waals surface area contributed by atoms with Crippen molar-refractivity contribution < 1.29 is 9.84 Å². The van der Waals surface area contributed by atoms with Crippen LogP contribution in [0, 0.1) is 0 Å². The molecule has 0 spiro atoms. The van der Waals surface area contributed by atoms with Gasteiger partial charge < -0.3 is 9.84 Å². The van der Waals surface area contributed by atoms with E-state index in [1.54, 1.807) is 18.2 Å². The Hall–Kier alpha value is -1.22. The van der Waals surface area contributed by atoms with E-state index in [2.05, 4.69) is 0 Å². The molecule has 0 saturated carbocycles. The van der Waals surface area contributed by atoms with Crippen LogP contribution in [0.1, 0.15) is 11.1 Å². The Bertz CT molecular complexity index is 582. The molecule has 1 heterocycles. The molecule has 20 heavy (non-hydrogen) atoms. The molecule has 104 valence electrons. The molecular formula is C16H14Cl2O2. The van der Waals surface area contributed by atoms with Crippen molar-refractivity contribution in [3.8, 4) is 5.75 Å². The fraction of sp³-hybridized carbons (Fsp3) is 0.250. The summed E-state index contributed by atoms with van der Waals surface area (Å²) < 4.78 is 5.78. The first-order chi connectivity index (χ1) is 9.65. The zero-order valence-corrected chi connectivity index (χ0v) is 12.2. The monoisotopic (exact) mass is 308 g/mol. The number of ether oxygens (including phenoxy) is 1. The maximum atomic E-state index is 10.4. The molecule has 0 radical (unpaired) electrons. The molecule has 0 bridgehead atoms. The van der Waals surface area contributed by atoms with Gasteiger partial charge >= 0.3 is 0 Å². The van der Waals surface area contributed by atoms with Crippen molar-refractivity contribution in [3.05, 3.63) is 63.6 Å². The first-order valence-electron chi connectivity index (χ1n) is 6.50. The normalized spacial score (nSPS) is 18.4. The summed E-state index contributed by atoms with van der Waals surface area (Å²) in [5, 5.41) is 11.5. The molecule has 0 aliphatic carbocycles. The van der Waals surface area contributed by atoms with Gasteiger partial charge in [0.25, 0.3) is 0 Å². The molecule has 1 aliphatic heterocycles. The van der Waals surface area contributed by atoms with E-state index in [9.17, 15) is 5.11 Å². The summed E-state index contributed by atoms with van der Waals surface area (Å²) in [5.41, 5.74) is 1.89. The average molecular weight is 309 g/mol. The molecule has 0 fully saturated rings. The van der Waals surface area contributed by atoms with Crippen LogP contribution in [-0.2, 0) is 12.8 Å². The fourth-order valence-electron chi connectivity index (χ4n) is 2.49. The van der Waals surface area contributed by atoms with Crippen LogP contribution in [0.5, 0.6) is 5.75 Å². The Labute approximate surface area is 127 Å². The number of hydrogen-bond donors (Lipinski definition) is 1. The van der Waals surface area contributed by atoms with Gasteiger partial charge in [0.15, 0.2) is 0 Å². The number of rotatable bonds is 3. The SMILES string of the molecule is OC(Cc1c(Cl)cccc1Cl)C1Cc2ccccc2O1. The maximum Gasteiger partial charge on any atom is 0.129 e. The lowest BCUT2D eigenvalue weighted by atomic mass is 10.0. The quantitative estimate of drug-likeness (QED) is 0.932. The predicted octanol–water partition coefficient (Wildman–Crippen LogP) is 3.90. The first-order valence-corrected chi connectivity index (χ1v) is 7.26. The third-order valence-corrected chi connectivity index (χ3v) is 4.28.